The van der Waals surface area contributed by atoms with E-state index in [1.54, 1.807) is 6.20 Å². The van der Waals surface area contributed by atoms with Crippen molar-refractivity contribution in [1.82, 2.24) is 9.97 Å². The zero-order valence-corrected chi connectivity index (χ0v) is 9.23. The Hall–Kier alpha value is -1.97. The number of ether oxygens (including phenoxy) is 1. The van der Waals surface area contributed by atoms with Gasteiger partial charge in [-0.2, -0.15) is 0 Å². The lowest BCUT2D eigenvalue weighted by Gasteiger charge is -2.06. The standard InChI is InChI=1S/C12H15N3O/c1-2-16-12-4-3-11(9-15-12)14-8-10-5-6-13-7-10/h3-7,9,13-14H,2,8H2,1H3. The Morgan fingerprint density at radius 3 is 2.94 bits per heavy atom. The molecular weight excluding hydrogens is 202 g/mol. The molecule has 2 heterocycles. The highest BCUT2D eigenvalue weighted by Gasteiger charge is 1.96. The first-order valence-electron chi connectivity index (χ1n) is 5.33. The van der Waals surface area contributed by atoms with E-state index in [1.807, 2.05) is 37.5 Å². The van der Waals surface area contributed by atoms with Gasteiger partial charge in [-0.25, -0.2) is 4.98 Å². The molecule has 0 radical (unpaired) electrons. The molecule has 0 unspecified atom stereocenters. The van der Waals surface area contributed by atoms with Gasteiger partial charge in [0.05, 0.1) is 18.5 Å². The van der Waals surface area contributed by atoms with E-state index in [-0.39, 0.29) is 0 Å². The van der Waals surface area contributed by atoms with Gasteiger partial charge in [-0.1, -0.05) is 0 Å². The fourth-order valence-corrected chi connectivity index (χ4v) is 1.39. The molecule has 0 aliphatic rings. The number of pyridine rings is 1. The van der Waals surface area contributed by atoms with Crippen molar-refractivity contribution in [2.24, 2.45) is 0 Å². The molecule has 0 saturated heterocycles. The SMILES string of the molecule is CCOc1ccc(NCc2cc[nH]c2)cn1. The average molecular weight is 217 g/mol. The maximum absolute atomic E-state index is 5.27. The topological polar surface area (TPSA) is 49.9 Å². The third kappa shape index (κ3) is 2.76. The van der Waals surface area contributed by atoms with E-state index in [4.69, 9.17) is 4.74 Å². The van der Waals surface area contributed by atoms with Crippen molar-refractivity contribution in [3.8, 4) is 5.88 Å². The number of hydrogen-bond donors (Lipinski definition) is 2. The van der Waals surface area contributed by atoms with Crippen LogP contribution in [-0.4, -0.2) is 16.6 Å². The second kappa shape index (κ2) is 5.21. The molecule has 2 aromatic rings. The number of hydrogen-bond acceptors (Lipinski definition) is 3. The van der Waals surface area contributed by atoms with Gasteiger partial charge in [-0.05, 0) is 24.6 Å². The Morgan fingerprint density at radius 1 is 1.38 bits per heavy atom. The van der Waals surface area contributed by atoms with Gasteiger partial charge in [-0.3, -0.25) is 0 Å². The highest BCUT2D eigenvalue weighted by molar-refractivity contribution is 5.42. The summed E-state index contributed by atoms with van der Waals surface area (Å²) in [6, 6.07) is 5.86. The highest BCUT2D eigenvalue weighted by atomic mass is 16.5. The Bertz CT molecular complexity index is 408. The molecule has 2 N–H and O–H groups in total. The van der Waals surface area contributed by atoms with Crippen molar-refractivity contribution in [2.75, 3.05) is 11.9 Å². The highest BCUT2D eigenvalue weighted by Crippen LogP contribution is 2.12. The molecule has 84 valence electrons. The molecule has 4 nitrogen and oxygen atoms in total. The van der Waals surface area contributed by atoms with Crippen LogP contribution >= 0.6 is 0 Å². The van der Waals surface area contributed by atoms with Crippen LogP contribution in [0, 0.1) is 0 Å². The van der Waals surface area contributed by atoms with E-state index in [0.717, 1.165) is 12.2 Å². The number of nitrogens with one attached hydrogen (secondary N) is 2. The summed E-state index contributed by atoms with van der Waals surface area (Å²) in [6.07, 6.45) is 5.65. The second-order valence-electron chi connectivity index (χ2n) is 3.39. The molecular formula is C12H15N3O. The summed E-state index contributed by atoms with van der Waals surface area (Å²) in [5, 5.41) is 3.28. The second-order valence-corrected chi connectivity index (χ2v) is 3.39. The van der Waals surface area contributed by atoms with E-state index in [1.165, 1.54) is 5.56 Å². The van der Waals surface area contributed by atoms with Crippen LogP contribution in [0.1, 0.15) is 12.5 Å². The number of nitrogens with zero attached hydrogens (tertiary/aromatic N) is 1. The summed E-state index contributed by atoms with van der Waals surface area (Å²) in [4.78, 5) is 7.19. The maximum Gasteiger partial charge on any atom is 0.213 e. The Labute approximate surface area is 94.7 Å². The Morgan fingerprint density at radius 2 is 2.31 bits per heavy atom. The molecule has 16 heavy (non-hydrogen) atoms. The van der Waals surface area contributed by atoms with Crippen LogP contribution in [0.3, 0.4) is 0 Å². The third-order valence-corrected chi connectivity index (χ3v) is 2.19. The summed E-state index contributed by atoms with van der Waals surface area (Å²) >= 11 is 0. The smallest absolute Gasteiger partial charge is 0.213 e. The number of H-pyrrole nitrogens is 1. The van der Waals surface area contributed by atoms with Crippen LogP contribution in [0.15, 0.2) is 36.8 Å². The van der Waals surface area contributed by atoms with Crippen molar-refractivity contribution in [1.29, 1.82) is 0 Å². The molecule has 0 aliphatic heterocycles. The third-order valence-electron chi connectivity index (χ3n) is 2.19. The van der Waals surface area contributed by atoms with Crippen molar-refractivity contribution in [3.63, 3.8) is 0 Å². The van der Waals surface area contributed by atoms with Crippen molar-refractivity contribution in [2.45, 2.75) is 13.5 Å². The summed E-state index contributed by atoms with van der Waals surface area (Å²) in [5.41, 5.74) is 2.21. The van der Waals surface area contributed by atoms with Gasteiger partial charge in [0.1, 0.15) is 0 Å². The fourth-order valence-electron chi connectivity index (χ4n) is 1.39. The predicted molar refractivity (Wildman–Crippen MR) is 63.5 cm³/mol. The summed E-state index contributed by atoms with van der Waals surface area (Å²) in [7, 11) is 0. The van der Waals surface area contributed by atoms with Crippen LogP contribution in [0.2, 0.25) is 0 Å². The number of aromatic nitrogens is 2. The summed E-state index contributed by atoms with van der Waals surface area (Å²) in [6.45, 7) is 3.38. The van der Waals surface area contributed by atoms with Crippen LogP contribution < -0.4 is 10.1 Å². The first-order valence-corrected chi connectivity index (χ1v) is 5.33. The zero-order chi connectivity index (χ0) is 11.2. The quantitative estimate of drug-likeness (QED) is 0.808. The van der Waals surface area contributed by atoms with Gasteiger partial charge in [0.2, 0.25) is 5.88 Å². The molecule has 0 bridgehead atoms. The normalized spacial score (nSPS) is 10.1. The van der Waals surface area contributed by atoms with Crippen LogP contribution in [0.25, 0.3) is 0 Å². The molecule has 0 aliphatic carbocycles. The minimum atomic E-state index is 0.642. The van der Waals surface area contributed by atoms with Gasteiger partial charge in [-0.15, -0.1) is 0 Å². The first kappa shape index (κ1) is 10.5. The van der Waals surface area contributed by atoms with Crippen LogP contribution in [-0.2, 0) is 6.54 Å². The van der Waals surface area contributed by atoms with Crippen molar-refractivity contribution in [3.05, 3.63) is 42.4 Å². The van der Waals surface area contributed by atoms with E-state index in [0.29, 0.717) is 12.5 Å². The lowest BCUT2D eigenvalue weighted by atomic mass is 10.3. The van der Waals surface area contributed by atoms with E-state index >= 15 is 0 Å². The first-order chi connectivity index (χ1) is 7.88. The lowest BCUT2D eigenvalue weighted by molar-refractivity contribution is 0.327. The maximum atomic E-state index is 5.27. The van der Waals surface area contributed by atoms with Gasteiger partial charge < -0.3 is 15.0 Å². The van der Waals surface area contributed by atoms with Gasteiger partial charge in [0.15, 0.2) is 0 Å². The Kier molecular flexibility index (Phi) is 3.43. The minimum absolute atomic E-state index is 0.642. The number of anilines is 1. The molecule has 0 aromatic carbocycles. The molecule has 2 rings (SSSR count). The van der Waals surface area contributed by atoms with E-state index in [2.05, 4.69) is 15.3 Å². The lowest BCUT2D eigenvalue weighted by Crippen LogP contribution is -1.99. The summed E-state index contributed by atoms with van der Waals surface area (Å²) in [5.74, 6) is 0.662. The average Bonchev–Trinajstić information content (AvgIpc) is 2.82. The Balaban J connectivity index is 1.90. The molecule has 0 atom stereocenters. The zero-order valence-electron chi connectivity index (χ0n) is 9.23. The van der Waals surface area contributed by atoms with Gasteiger partial charge in [0, 0.05) is 25.0 Å². The van der Waals surface area contributed by atoms with Crippen molar-refractivity contribution < 1.29 is 4.74 Å². The molecule has 0 saturated carbocycles. The molecule has 0 spiro atoms. The number of rotatable bonds is 5. The summed E-state index contributed by atoms with van der Waals surface area (Å²) < 4.78 is 5.27. The van der Waals surface area contributed by atoms with E-state index < -0.39 is 0 Å². The molecule has 0 amide bonds. The minimum Gasteiger partial charge on any atom is -0.478 e. The molecule has 0 fully saturated rings. The number of aromatic amines is 1. The molecule has 2 aromatic heterocycles. The largest absolute Gasteiger partial charge is 0.478 e. The van der Waals surface area contributed by atoms with Gasteiger partial charge >= 0.3 is 0 Å². The monoisotopic (exact) mass is 217 g/mol. The molecule has 4 heteroatoms. The fraction of sp³-hybridized carbons (Fsp3) is 0.250. The van der Waals surface area contributed by atoms with E-state index in [9.17, 15) is 0 Å². The predicted octanol–water partition coefficient (Wildman–Crippen LogP) is 2.42. The van der Waals surface area contributed by atoms with Crippen LogP contribution in [0.5, 0.6) is 5.88 Å². The van der Waals surface area contributed by atoms with Crippen molar-refractivity contribution >= 4 is 5.69 Å². The van der Waals surface area contributed by atoms with Gasteiger partial charge in [0.25, 0.3) is 0 Å². The van der Waals surface area contributed by atoms with Crippen LogP contribution in [0.4, 0.5) is 5.69 Å².